The van der Waals surface area contributed by atoms with Crippen molar-refractivity contribution in [3.63, 3.8) is 0 Å². The van der Waals surface area contributed by atoms with Crippen LogP contribution < -0.4 is 10.8 Å². The van der Waals surface area contributed by atoms with Crippen molar-refractivity contribution in [3.05, 3.63) is 56.4 Å². The number of aliphatic hydroxyl groups is 1. The third-order valence-electron chi connectivity index (χ3n) is 4.13. The Morgan fingerprint density at radius 1 is 1.21 bits per heavy atom. The van der Waals surface area contributed by atoms with Gasteiger partial charge in [0.15, 0.2) is 11.6 Å². The highest BCUT2D eigenvalue weighted by Gasteiger charge is 2.23. The number of carbonyl (C=O) groups is 1. The number of oxime groups is 1. The zero-order chi connectivity index (χ0) is 24.2. The molecule has 0 atom stereocenters. The second-order valence-electron chi connectivity index (χ2n) is 6.54. The van der Waals surface area contributed by atoms with Crippen LogP contribution in [-0.4, -0.2) is 49.1 Å². The number of thioether (sulfide) groups is 1. The first-order chi connectivity index (χ1) is 15.9. The molecular formula is C21H23F3IN3O4S. The molecule has 33 heavy (non-hydrogen) atoms. The van der Waals surface area contributed by atoms with E-state index >= 15 is 0 Å². The number of carbonyl (C=O) groups excluding carboxylic acids is 1. The van der Waals surface area contributed by atoms with Crippen molar-refractivity contribution in [2.24, 2.45) is 5.16 Å². The monoisotopic (exact) mass is 597 g/mol. The summed E-state index contributed by atoms with van der Waals surface area (Å²) in [5.74, 6) is -3.40. The minimum absolute atomic E-state index is 0.158. The Labute approximate surface area is 207 Å². The van der Waals surface area contributed by atoms with Gasteiger partial charge in [-0.05, 0) is 71.7 Å². The molecule has 7 nitrogen and oxygen atoms in total. The van der Waals surface area contributed by atoms with Crippen molar-refractivity contribution in [3.8, 4) is 0 Å². The van der Waals surface area contributed by atoms with Crippen molar-refractivity contribution in [2.45, 2.75) is 12.8 Å². The van der Waals surface area contributed by atoms with Crippen LogP contribution in [0, 0.1) is 21.0 Å². The standard InChI is InChI=1S/C21H23F3IN3O4S/c1-33-9-3-2-7-31-26-12-13-10-15(21(30)28-32-8-6-29)20(19(24)18(13)23)27-17-5-4-14(25)11-16(17)22/h4-5,10-12,27,29H,2-3,6-9H2,1H3,(H,28,30)/b26-12+. The van der Waals surface area contributed by atoms with E-state index in [0.29, 0.717) is 10.2 Å². The normalized spacial score (nSPS) is 11.1. The molecule has 0 spiro atoms. The fourth-order valence-electron chi connectivity index (χ4n) is 2.54. The maximum absolute atomic E-state index is 15.0. The van der Waals surface area contributed by atoms with Crippen LogP contribution in [0.15, 0.2) is 29.4 Å². The number of hydrogen-bond donors (Lipinski definition) is 3. The Balaban J connectivity index is 2.33. The van der Waals surface area contributed by atoms with Gasteiger partial charge < -0.3 is 15.3 Å². The third kappa shape index (κ3) is 8.36. The van der Waals surface area contributed by atoms with Crippen LogP contribution in [0.25, 0.3) is 0 Å². The molecule has 0 aromatic heterocycles. The average molecular weight is 597 g/mol. The summed E-state index contributed by atoms with van der Waals surface area (Å²) < 4.78 is 44.5. The molecule has 1 amide bonds. The van der Waals surface area contributed by atoms with Gasteiger partial charge in [-0.2, -0.15) is 11.8 Å². The van der Waals surface area contributed by atoms with Gasteiger partial charge in [-0.1, -0.05) is 5.16 Å². The SMILES string of the molecule is CSCCCCO/N=C/c1cc(C(=O)NOCCO)c(Nc2ccc(I)cc2F)c(F)c1F. The molecule has 2 aromatic carbocycles. The van der Waals surface area contributed by atoms with Gasteiger partial charge in [-0.3, -0.25) is 9.63 Å². The maximum atomic E-state index is 15.0. The number of amides is 1. The summed E-state index contributed by atoms with van der Waals surface area (Å²) in [6.45, 7) is -0.291. The highest BCUT2D eigenvalue weighted by molar-refractivity contribution is 14.1. The van der Waals surface area contributed by atoms with E-state index in [9.17, 15) is 18.0 Å². The van der Waals surface area contributed by atoms with E-state index in [4.69, 9.17) is 14.8 Å². The first-order valence-corrected chi connectivity index (χ1v) is 12.3. The number of hydrogen-bond acceptors (Lipinski definition) is 7. The predicted octanol–water partition coefficient (Wildman–Crippen LogP) is 4.60. The molecule has 3 N–H and O–H groups in total. The van der Waals surface area contributed by atoms with Gasteiger partial charge >= 0.3 is 0 Å². The number of benzene rings is 2. The molecule has 12 heteroatoms. The molecule has 2 rings (SSSR count). The van der Waals surface area contributed by atoms with Crippen LogP contribution in [0.4, 0.5) is 24.5 Å². The van der Waals surface area contributed by atoms with Gasteiger partial charge in [-0.15, -0.1) is 0 Å². The molecule has 0 aliphatic rings. The second-order valence-corrected chi connectivity index (χ2v) is 8.77. The number of hydroxylamine groups is 1. The Morgan fingerprint density at radius 3 is 2.70 bits per heavy atom. The van der Waals surface area contributed by atoms with Crippen LogP contribution >= 0.6 is 34.4 Å². The van der Waals surface area contributed by atoms with Crippen molar-refractivity contribution in [1.82, 2.24) is 5.48 Å². The van der Waals surface area contributed by atoms with Crippen LogP contribution in [-0.2, 0) is 9.68 Å². The Kier molecular flexibility index (Phi) is 11.8. The molecular weight excluding hydrogens is 574 g/mol. The van der Waals surface area contributed by atoms with E-state index in [1.54, 1.807) is 17.8 Å². The predicted molar refractivity (Wildman–Crippen MR) is 130 cm³/mol. The van der Waals surface area contributed by atoms with Crippen molar-refractivity contribution < 1.29 is 32.7 Å². The minimum Gasteiger partial charge on any atom is -0.396 e. The quantitative estimate of drug-likeness (QED) is 0.135. The molecule has 180 valence electrons. The number of rotatable bonds is 13. The second kappa shape index (κ2) is 14.3. The molecule has 0 heterocycles. The number of aliphatic hydroxyl groups excluding tert-OH is 1. The topological polar surface area (TPSA) is 92.2 Å². The van der Waals surface area contributed by atoms with Crippen LogP contribution in [0.1, 0.15) is 28.8 Å². The van der Waals surface area contributed by atoms with E-state index in [1.807, 2.05) is 34.3 Å². The molecule has 2 aromatic rings. The van der Waals surface area contributed by atoms with E-state index in [2.05, 4.69) is 10.5 Å². The van der Waals surface area contributed by atoms with E-state index in [-0.39, 0.29) is 30.0 Å². The molecule has 0 aliphatic heterocycles. The summed E-state index contributed by atoms with van der Waals surface area (Å²) >= 11 is 3.60. The average Bonchev–Trinajstić information content (AvgIpc) is 2.79. The summed E-state index contributed by atoms with van der Waals surface area (Å²) in [4.78, 5) is 22.4. The number of halogens is 4. The molecule has 0 bridgehead atoms. The lowest BCUT2D eigenvalue weighted by Crippen LogP contribution is -2.26. The van der Waals surface area contributed by atoms with Gasteiger partial charge in [-0.25, -0.2) is 18.7 Å². The number of unbranched alkanes of at least 4 members (excludes halogenated alkanes) is 1. The van der Waals surface area contributed by atoms with Crippen LogP contribution in [0.3, 0.4) is 0 Å². The summed E-state index contributed by atoms with van der Waals surface area (Å²) in [5.41, 5.74) is 0.552. The van der Waals surface area contributed by atoms with E-state index in [0.717, 1.165) is 30.9 Å². The lowest BCUT2D eigenvalue weighted by atomic mass is 10.1. The van der Waals surface area contributed by atoms with Crippen molar-refractivity contribution >= 4 is 57.8 Å². The van der Waals surface area contributed by atoms with Crippen LogP contribution in [0.5, 0.6) is 0 Å². The lowest BCUT2D eigenvalue weighted by molar-refractivity contribution is 0.0168. The zero-order valence-corrected chi connectivity index (χ0v) is 20.6. The maximum Gasteiger partial charge on any atom is 0.277 e. The molecule has 0 radical (unpaired) electrons. The molecule has 0 fully saturated rings. The van der Waals surface area contributed by atoms with Gasteiger partial charge in [0, 0.05) is 9.13 Å². The minimum atomic E-state index is -1.41. The molecule has 0 saturated heterocycles. The fourth-order valence-corrected chi connectivity index (χ4v) is 3.49. The lowest BCUT2D eigenvalue weighted by Gasteiger charge is -2.15. The largest absolute Gasteiger partial charge is 0.396 e. The van der Waals surface area contributed by atoms with Gasteiger partial charge in [0.2, 0.25) is 0 Å². The Morgan fingerprint density at radius 2 is 2.00 bits per heavy atom. The van der Waals surface area contributed by atoms with E-state index < -0.39 is 29.0 Å². The van der Waals surface area contributed by atoms with Gasteiger partial charge in [0.25, 0.3) is 5.91 Å². The summed E-state index contributed by atoms with van der Waals surface area (Å²) in [5, 5.41) is 14.9. The third-order valence-corrected chi connectivity index (χ3v) is 5.50. The zero-order valence-electron chi connectivity index (χ0n) is 17.7. The number of anilines is 2. The molecule has 0 unspecified atom stereocenters. The summed E-state index contributed by atoms with van der Waals surface area (Å²) in [7, 11) is 0. The fraction of sp³-hybridized carbons (Fsp3) is 0.333. The first kappa shape index (κ1) is 27.2. The Hall–Kier alpha value is -2.03. The summed E-state index contributed by atoms with van der Waals surface area (Å²) in [6.07, 6.45) is 4.61. The molecule has 0 saturated carbocycles. The summed E-state index contributed by atoms with van der Waals surface area (Å²) in [6, 6.07) is 5.11. The van der Waals surface area contributed by atoms with Crippen molar-refractivity contribution in [1.29, 1.82) is 0 Å². The van der Waals surface area contributed by atoms with E-state index in [1.165, 1.54) is 12.1 Å². The molecule has 0 aliphatic carbocycles. The number of nitrogens with one attached hydrogen (secondary N) is 2. The Bertz CT molecular complexity index is 982. The van der Waals surface area contributed by atoms with Gasteiger partial charge in [0.05, 0.1) is 36.4 Å². The van der Waals surface area contributed by atoms with Gasteiger partial charge in [0.1, 0.15) is 12.4 Å². The highest BCUT2D eigenvalue weighted by atomic mass is 127. The van der Waals surface area contributed by atoms with Crippen molar-refractivity contribution in [2.75, 3.05) is 37.1 Å². The van der Waals surface area contributed by atoms with Crippen LogP contribution in [0.2, 0.25) is 0 Å². The highest BCUT2D eigenvalue weighted by Crippen LogP contribution is 2.30. The number of nitrogens with zero attached hydrogens (tertiary/aromatic N) is 1. The smallest absolute Gasteiger partial charge is 0.277 e. The first-order valence-electron chi connectivity index (χ1n) is 9.80.